The Morgan fingerprint density at radius 3 is 1.19 bits per heavy atom. The van der Waals surface area contributed by atoms with E-state index in [1.54, 1.807) is 0 Å². The Hall–Kier alpha value is -1.11. The molecule has 7 N–H and O–H groups in total. The van der Waals surface area contributed by atoms with Crippen molar-refractivity contribution < 1.29 is 44.9 Å². The van der Waals surface area contributed by atoms with Gasteiger partial charge in [-0.05, 0) is 38.5 Å². The zero-order chi connectivity index (χ0) is 49.6. The summed E-state index contributed by atoms with van der Waals surface area (Å²) in [6, 6.07) is -0.890. The van der Waals surface area contributed by atoms with Gasteiger partial charge in [0.25, 0.3) is 0 Å². The van der Waals surface area contributed by atoms with E-state index in [9.17, 15) is 35.4 Å². The van der Waals surface area contributed by atoms with E-state index in [2.05, 4.69) is 31.3 Å². The first-order valence-electron chi connectivity index (χ1n) is 29.5. The van der Waals surface area contributed by atoms with Crippen LogP contribution >= 0.6 is 0 Å². The van der Waals surface area contributed by atoms with Crippen LogP contribution in [0.1, 0.15) is 290 Å². The fourth-order valence-corrected chi connectivity index (χ4v) is 9.70. The molecule has 10 nitrogen and oxygen atoms in total. The minimum atomic E-state index is -1.59. The number of carbonyl (C=O) groups excluding carboxylic acids is 1. The van der Waals surface area contributed by atoms with Gasteiger partial charge in [0.15, 0.2) is 6.29 Å². The molecule has 8 unspecified atom stereocenters. The standard InChI is InChI=1S/C58H113NO9/c1-3-5-7-9-11-13-15-17-18-19-20-21-22-23-24-25-26-27-28-29-30-31-32-33-34-35-37-39-41-43-45-47-52(62)57(66)59-50(49-67-58-56(65)55(64)54(63)53(48-60)68-58)51(61)46-44-42-40-38-36-16-14-12-10-8-6-4-2/h23-24,50-56,58,60-65H,3-22,25-49H2,1-2H3,(H,59,66)/b24-23-. The predicted molar refractivity (Wildman–Crippen MR) is 283 cm³/mol. The van der Waals surface area contributed by atoms with Crippen molar-refractivity contribution in [2.45, 2.75) is 339 Å². The second-order valence-corrected chi connectivity index (χ2v) is 20.9. The van der Waals surface area contributed by atoms with Crippen LogP contribution < -0.4 is 5.32 Å². The number of aliphatic hydroxyl groups is 6. The van der Waals surface area contributed by atoms with Crippen LogP contribution in [0.15, 0.2) is 12.2 Å². The fraction of sp³-hybridized carbons (Fsp3) is 0.948. The maximum Gasteiger partial charge on any atom is 0.249 e. The normalized spacial score (nSPS) is 20.0. The van der Waals surface area contributed by atoms with E-state index in [0.29, 0.717) is 12.8 Å². The molecular formula is C58H113NO9. The van der Waals surface area contributed by atoms with Gasteiger partial charge in [0.05, 0.1) is 25.4 Å². The van der Waals surface area contributed by atoms with E-state index in [-0.39, 0.29) is 6.61 Å². The number of aliphatic hydroxyl groups excluding tert-OH is 6. The molecule has 1 aliphatic rings. The van der Waals surface area contributed by atoms with Crippen molar-refractivity contribution in [3.05, 3.63) is 12.2 Å². The second kappa shape index (κ2) is 48.2. The molecular weight excluding hydrogens is 855 g/mol. The summed E-state index contributed by atoms with van der Waals surface area (Å²) in [4.78, 5) is 13.1. The Balaban J connectivity index is 2.13. The molecule has 0 aromatic carbocycles. The second-order valence-electron chi connectivity index (χ2n) is 20.9. The van der Waals surface area contributed by atoms with Gasteiger partial charge in [-0.3, -0.25) is 4.79 Å². The van der Waals surface area contributed by atoms with Crippen LogP contribution in [0, 0.1) is 0 Å². The number of carbonyl (C=O) groups is 1. The molecule has 1 saturated heterocycles. The Morgan fingerprint density at radius 2 is 0.824 bits per heavy atom. The summed E-state index contributed by atoms with van der Waals surface area (Å²) >= 11 is 0. The number of hydrogen-bond acceptors (Lipinski definition) is 9. The van der Waals surface area contributed by atoms with Gasteiger partial charge in [-0.2, -0.15) is 0 Å². The van der Waals surface area contributed by atoms with Gasteiger partial charge in [0.2, 0.25) is 5.91 Å². The number of hydrogen-bond donors (Lipinski definition) is 7. The molecule has 1 amide bonds. The lowest BCUT2D eigenvalue weighted by molar-refractivity contribution is -0.302. The average molecular weight is 969 g/mol. The molecule has 1 fully saturated rings. The molecule has 0 aliphatic carbocycles. The largest absolute Gasteiger partial charge is 0.394 e. The van der Waals surface area contributed by atoms with Crippen molar-refractivity contribution in [1.82, 2.24) is 5.32 Å². The highest BCUT2D eigenvalue weighted by atomic mass is 16.7. The monoisotopic (exact) mass is 968 g/mol. The van der Waals surface area contributed by atoms with Crippen molar-refractivity contribution >= 4 is 5.91 Å². The van der Waals surface area contributed by atoms with E-state index in [1.165, 1.54) is 218 Å². The van der Waals surface area contributed by atoms with Gasteiger partial charge < -0.3 is 45.4 Å². The number of nitrogens with one attached hydrogen (secondary N) is 1. The Bertz CT molecular complexity index is 1090. The number of allylic oxidation sites excluding steroid dienone is 2. The van der Waals surface area contributed by atoms with E-state index in [1.807, 2.05) is 0 Å². The molecule has 1 heterocycles. The topological polar surface area (TPSA) is 169 Å². The smallest absolute Gasteiger partial charge is 0.249 e. The summed E-state index contributed by atoms with van der Waals surface area (Å²) in [6.45, 7) is 3.69. The number of unbranched alkanes of at least 4 members (excludes halogenated alkanes) is 38. The lowest BCUT2D eigenvalue weighted by Crippen LogP contribution is -2.60. The molecule has 68 heavy (non-hydrogen) atoms. The number of ether oxygens (including phenoxy) is 2. The maximum absolute atomic E-state index is 13.1. The van der Waals surface area contributed by atoms with Crippen molar-refractivity contribution in [3.63, 3.8) is 0 Å². The fourth-order valence-electron chi connectivity index (χ4n) is 9.70. The van der Waals surface area contributed by atoms with Gasteiger partial charge in [-0.15, -0.1) is 0 Å². The molecule has 10 heteroatoms. The van der Waals surface area contributed by atoms with Crippen molar-refractivity contribution in [3.8, 4) is 0 Å². The number of amides is 1. The third-order valence-electron chi connectivity index (χ3n) is 14.5. The average Bonchev–Trinajstić information content (AvgIpc) is 3.34. The quantitative estimate of drug-likeness (QED) is 0.0232. The summed E-state index contributed by atoms with van der Waals surface area (Å²) < 4.78 is 11.2. The van der Waals surface area contributed by atoms with Gasteiger partial charge in [0, 0.05) is 0 Å². The highest BCUT2D eigenvalue weighted by Crippen LogP contribution is 2.23. The Kier molecular flexibility index (Phi) is 46.0. The summed E-state index contributed by atoms with van der Waals surface area (Å²) in [5.41, 5.74) is 0. The molecule has 404 valence electrons. The van der Waals surface area contributed by atoms with Crippen molar-refractivity contribution in [1.29, 1.82) is 0 Å². The number of rotatable bonds is 51. The molecule has 0 bridgehead atoms. The first-order valence-corrected chi connectivity index (χ1v) is 29.5. The van der Waals surface area contributed by atoms with Crippen LogP contribution in [0.4, 0.5) is 0 Å². The molecule has 0 radical (unpaired) electrons. The SMILES string of the molecule is CCCCCCCCCCCCCC/C=C\CCCCCCCCCCCCCCCCCC(O)C(=O)NC(COC1OC(CO)C(O)C(O)C1O)C(O)CCCCCCCCCCCCCC. The highest BCUT2D eigenvalue weighted by molar-refractivity contribution is 5.80. The Labute approximate surface area is 419 Å². The van der Waals surface area contributed by atoms with E-state index >= 15 is 0 Å². The Morgan fingerprint density at radius 1 is 0.485 bits per heavy atom. The summed E-state index contributed by atoms with van der Waals surface area (Å²) in [7, 11) is 0. The third-order valence-corrected chi connectivity index (χ3v) is 14.5. The van der Waals surface area contributed by atoms with E-state index in [4.69, 9.17) is 9.47 Å². The van der Waals surface area contributed by atoms with Gasteiger partial charge in [-0.1, -0.05) is 264 Å². The molecule has 0 aromatic rings. The first-order chi connectivity index (χ1) is 33.3. The first kappa shape index (κ1) is 64.9. The van der Waals surface area contributed by atoms with Gasteiger partial charge in [0.1, 0.15) is 30.5 Å². The van der Waals surface area contributed by atoms with Crippen molar-refractivity contribution in [2.75, 3.05) is 13.2 Å². The minimum absolute atomic E-state index is 0.252. The van der Waals surface area contributed by atoms with E-state index < -0.39 is 61.5 Å². The lowest BCUT2D eigenvalue weighted by Gasteiger charge is -2.40. The zero-order valence-electron chi connectivity index (χ0n) is 44.5. The lowest BCUT2D eigenvalue weighted by atomic mass is 9.99. The summed E-state index contributed by atoms with van der Waals surface area (Å²) in [5.74, 6) is -0.579. The third kappa shape index (κ3) is 36.8. The molecule has 1 aliphatic heterocycles. The van der Waals surface area contributed by atoms with E-state index in [0.717, 1.165) is 44.9 Å². The van der Waals surface area contributed by atoms with Crippen LogP contribution in [0.3, 0.4) is 0 Å². The molecule has 0 aromatic heterocycles. The molecule has 0 spiro atoms. The van der Waals surface area contributed by atoms with Crippen LogP contribution in [-0.4, -0.2) is 98.7 Å². The van der Waals surface area contributed by atoms with Gasteiger partial charge in [-0.25, -0.2) is 0 Å². The van der Waals surface area contributed by atoms with Crippen LogP contribution in [-0.2, 0) is 14.3 Å². The van der Waals surface area contributed by atoms with Gasteiger partial charge >= 0.3 is 0 Å². The molecule has 1 rings (SSSR count). The summed E-state index contributed by atoms with van der Waals surface area (Å²) in [5, 5.41) is 65.1. The maximum atomic E-state index is 13.1. The minimum Gasteiger partial charge on any atom is -0.394 e. The molecule has 8 atom stereocenters. The van der Waals surface area contributed by atoms with Crippen LogP contribution in [0.25, 0.3) is 0 Å². The van der Waals surface area contributed by atoms with Crippen LogP contribution in [0.2, 0.25) is 0 Å². The summed E-state index contributed by atoms with van der Waals surface area (Å²) in [6.07, 6.45) is 48.7. The molecule has 0 saturated carbocycles. The highest BCUT2D eigenvalue weighted by Gasteiger charge is 2.44. The van der Waals surface area contributed by atoms with Crippen LogP contribution in [0.5, 0.6) is 0 Å². The predicted octanol–water partition coefficient (Wildman–Crippen LogP) is 13.4. The van der Waals surface area contributed by atoms with Crippen molar-refractivity contribution in [2.24, 2.45) is 0 Å². The zero-order valence-corrected chi connectivity index (χ0v) is 44.5.